The van der Waals surface area contributed by atoms with Crippen LogP contribution in [0, 0.1) is 0 Å². The van der Waals surface area contributed by atoms with Gasteiger partial charge in [-0.05, 0) is 5.56 Å². The molecule has 0 bridgehead atoms. The summed E-state index contributed by atoms with van der Waals surface area (Å²) in [6.45, 7) is 0. The van der Waals surface area contributed by atoms with Gasteiger partial charge in [0.2, 0.25) is 12.8 Å². The van der Waals surface area contributed by atoms with Gasteiger partial charge in [0.05, 0.1) is 0 Å². The molecule has 0 aliphatic rings. The van der Waals surface area contributed by atoms with Gasteiger partial charge < -0.3 is 10.6 Å². The Balaban J connectivity index is 2.75. The van der Waals surface area contributed by atoms with E-state index >= 15 is 0 Å². The van der Waals surface area contributed by atoms with Crippen molar-refractivity contribution < 1.29 is 9.59 Å². The SMILES string of the molecule is O=CNC(NC=O)c1ccccc1. The topological polar surface area (TPSA) is 58.2 Å². The summed E-state index contributed by atoms with van der Waals surface area (Å²) in [6, 6.07) is 9.17. The van der Waals surface area contributed by atoms with Crippen LogP contribution in [0.2, 0.25) is 0 Å². The number of hydrogen-bond donors (Lipinski definition) is 2. The van der Waals surface area contributed by atoms with Crippen LogP contribution in [0.3, 0.4) is 0 Å². The van der Waals surface area contributed by atoms with Crippen LogP contribution in [-0.2, 0) is 9.59 Å². The van der Waals surface area contributed by atoms with E-state index in [9.17, 15) is 9.59 Å². The molecule has 0 spiro atoms. The highest BCUT2D eigenvalue weighted by Crippen LogP contribution is 2.07. The minimum atomic E-state index is -0.448. The molecule has 4 heteroatoms. The Morgan fingerprint density at radius 3 is 2.00 bits per heavy atom. The number of carbonyl (C=O) groups is 2. The van der Waals surface area contributed by atoms with E-state index in [1.54, 1.807) is 0 Å². The van der Waals surface area contributed by atoms with Crippen LogP contribution in [0.4, 0.5) is 0 Å². The minimum Gasteiger partial charge on any atom is -0.335 e. The molecule has 1 aromatic carbocycles. The molecule has 1 rings (SSSR count). The fraction of sp³-hybridized carbons (Fsp3) is 0.111. The van der Waals surface area contributed by atoms with Crippen molar-refractivity contribution in [2.75, 3.05) is 0 Å². The molecular formula is C9H10N2O2. The maximum atomic E-state index is 10.2. The number of rotatable bonds is 5. The fourth-order valence-electron chi connectivity index (χ4n) is 1.02. The molecule has 0 radical (unpaired) electrons. The van der Waals surface area contributed by atoms with Crippen molar-refractivity contribution in [1.29, 1.82) is 0 Å². The lowest BCUT2D eigenvalue weighted by molar-refractivity contribution is -0.112. The Bertz CT molecular complexity index is 264. The van der Waals surface area contributed by atoms with Crippen molar-refractivity contribution in [2.24, 2.45) is 0 Å². The van der Waals surface area contributed by atoms with Crippen LogP contribution in [0.5, 0.6) is 0 Å². The molecule has 4 nitrogen and oxygen atoms in total. The zero-order valence-corrected chi connectivity index (χ0v) is 6.94. The summed E-state index contributed by atoms with van der Waals surface area (Å²) in [5, 5.41) is 4.95. The third-order valence-corrected chi connectivity index (χ3v) is 1.60. The van der Waals surface area contributed by atoms with E-state index in [1.165, 1.54) is 0 Å². The molecule has 1 aromatic rings. The van der Waals surface area contributed by atoms with Gasteiger partial charge in [-0.2, -0.15) is 0 Å². The van der Waals surface area contributed by atoms with Crippen LogP contribution >= 0.6 is 0 Å². The van der Waals surface area contributed by atoms with Gasteiger partial charge in [0, 0.05) is 0 Å². The van der Waals surface area contributed by atoms with Crippen LogP contribution in [0.25, 0.3) is 0 Å². The maximum Gasteiger partial charge on any atom is 0.208 e. The average molecular weight is 178 g/mol. The summed E-state index contributed by atoms with van der Waals surface area (Å²) < 4.78 is 0. The third kappa shape index (κ3) is 2.59. The number of nitrogens with one attached hydrogen (secondary N) is 2. The smallest absolute Gasteiger partial charge is 0.208 e. The summed E-state index contributed by atoms with van der Waals surface area (Å²) in [5.74, 6) is 0. The first kappa shape index (κ1) is 9.25. The van der Waals surface area contributed by atoms with E-state index in [0.717, 1.165) is 5.56 Å². The van der Waals surface area contributed by atoms with Crippen molar-refractivity contribution in [1.82, 2.24) is 10.6 Å². The van der Waals surface area contributed by atoms with E-state index < -0.39 is 6.17 Å². The lowest BCUT2D eigenvalue weighted by atomic mass is 10.2. The molecule has 2 amide bonds. The number of benzene rings is 1. The third-order valence-electron chi connectivity index (χ3n) is 1.60. The Morgan fingerprint density at radius 2 is 1.54 bits per heavy atom. The molecule has 0 aromatic heterocycles. The van der Waals surface area contributed by atoms with Crippen molar-refractivity contribution in [3.8, 4) is 0 Å². The quantitative estimate of drug-likeness (QED) is 0.499. The van der Waals surface area contributed by atoms with Gasteiger partial charge in [-0.15, -0.1) is 0 Å². The highest BCUT2D eigenvalue weighted by atomic mass is 16.1. The molecular weight excluding hydrogens is 168 g/mol. The predicted octanol–water partition coefficient (Wildman–Crippen LogP) is 0.177. The molecule has 13 heavy (non-hydrogen) atoms. The highest BCUT2D eigenvalue weighted by Gasteiger charge is 2.06. The largest absolute Gasteiger partial charge is 0.335 e. The zero-order valence-electron chi connectivity index (χ0n) is 6.94. The Morgan fingerprint density at radius 1 is 1.00 bits per heavy atom. The second-order valence-corrected chi connectivity index (χ2v) is 2.41. The van der Waals surface area contributed by atoms with Crippen LogP contribution in [0.1, 0.15) is 11.7 Å². The van der Waals surface area contributed by atoms with Gasteiger partial charge in [-0.1, -0.05) is 30.3 Å². The number of carbonyl (C=O) groups excluding carboxylic acids is 2. The highest BCUT2D eigenvalue weighted by molar-refractivity contribution is 5.52. The van der Waals surface area contributed by atoms with Crippen molar-refractivity contribution in [3.05, 3.63) is 35.9 Å². The summed E-state index contributed by atoms with van der Waals surface area (Å²) >= 11 is 0. The molecule has 0 heterocycles. The average Bonchev–Trinajstić information content (AvgIpc) is 2.19. The Hall–Kier alpha value is -1.84. The molecule has 0 saturated heterocycles. The maximum absolute atomic E-state index is 10.2. The molecule has 0 aliphatic carbocycles. The van der Waals surface area contributed by atoms with E-state index in [-0.39, 0.29) is 0 Å². The molecule has 0 atom stereocenters. The molecule has 2 N–H and O–H groups in total. The Labute approximate surface area is 75.9 Å². The summed E-state index contributed by atoms with van der Waals surface area (Å²) in [6.07, 6.45) is 0.652. The summed E-state index contributed by atoms with van der Waals surface area (Å²) in [7, 11) is 0. The number of hydrogen-bond acceptors (Lipinski definition) is 2. The van der Waals surface area contributed by atoms with Gasteiger partial charge in [0.15, 0.2) is 0 Å². The molecule has 0 fully saturated rings. The summed E-state index contributed by atoms with van der Waals surface area (Å²) in [5.41, 5.74) is 0.835. The molecule has 0 saturated carbocycles. The minimum absolute atomic E-state index is 0.448. The van der Waals surface area contributed by atoms with Crippen LogP contribution in [-0.4, -0.2) is 12.8 Å². The van der Waals surface area contributed by atoms with Crippen molar-refractivity contribution in [2.45, 2.75) is 6.17 Å². The fourth-order valence-corrected chi connectivity index (χ4v) is 1.02. The van der Waals surface area contributed by atoms with Gasteiger partial charge in [0.1, 0.15) is 6.17 Å². The van der Waals surface area contributed by atoms with Gasteiger partial charge in [0.25, 0.3) is 0 Å². The molecule has 68 valence electrons. The monoisotopic (exact) mass is 178 g/mol. The normalized spacial score (nSPS) is 9.31. The van der Waals surface area contributed by atoms with E-state index in [1.807, 2.05) is 30.3 Å². The Kier molecular flexibility index (Phi) is 3.50. The lowest BCUT2D eigenvalue weighted by Crippen LogP contribution is -2.32. The van der Waals surface area contributed by atoms with Crippen molar-refractivity contribution >= 4 is 12.8 Å². The molecule has 0 aliphatic heterocycles. The standard InChI is InChI=1S/C9H10N2O2/c12-6-10-9(11-7-13)8-4-2-1-3-5-8/h1-7,9H,(H,10,12)(H,11,13). The van der Waals surface area contributed by atoms with Gasteiger partial charge >= 0.3 is 0 Å². The first-order valence-corrected chi connectivity index (χ1v) is 3.83. The second kappa shape index (κ2) is 4.92. The van der Waals surface area contributed by atoms with Crippen LogP contribution < -0.4 is 10.6 Å². The van der Waals surface area contributed by atoms with E-state index in [2.05, 4.69) is 10.6 Å². The van der Waals surface area contributed by atoms with E-state index in [4.69, 9.17) is 0 Å². The first-order valence-electron chi connectivity index (χ1n) is 3.83. The van der Waals surface area contributed by atoms with Crippen LogP contribution in [0.15, 0.2) is 30.3 Å². The lowest BCUT2D eigenvalue weighted by Gasteiger charge is -2.14. The number of amides is 2. The van der Waals surface area contributed by atoms with Gasteiger partial charge in [-0.25, -0.2) is 0 Å². The predicted molar refractivity (Wildman–Crippen MR) is 47.6 cm³/mol. The van der Waals surface area contributed by atoms with Gasteiger partial charge in [-0.3, -0.25) is 9.59 Å². The molecule has 0 unspecified atom stereocenters. The van der Waals surface area contributed by atoms with Crippen molar-refractivity contribution in [3.63, 3.8) is 0 Å². The zero-order chi connectivity index (χ0) is 9.52. The van der Waals surface area contributed by atoms with E-state index in [0.29, 0.717) is 12.8 Å². The first-order chi connectivity index (χ1) is 6.38. The second-order valence-electron chi connectivity index (χ2n) is 2.41. The summed E-state index contributed by atoms with van der Waals surface area (Å²) in [4.78, 5) is 20.4.